The Bertz CT molecular complexity index is 1510. The Morgan fingerprint density at radius 1 is 0.509 bits per heavy atom. The van der Waals surface area contributed by atoms with Crippen LogP contribution in [0.2, 0.25) is 0 Å². The van der Waals surface area contributed by atoms with E-state index in [1.54, 1.807) is 24.8 Å². The zero-order valence-corrected chi connectivity index (χ0v) is 36.0. The average Bonchev–Trinajstić information content (AvgIpc) is 3.08. The number of pyridine rings is 2. The largest absolute Gasteiger partial charge is 0.386 e. The molecule has 3 aliphatic rings. The van der Waals surface area contributed by atoms with Crippen molar-refractivity contribution >= 4 is 11.6 Å². The molecule has 2 heterocycles. The summed E-state index contributed by atoms with van der Waals surface area (Å²) in [4.78, 5) is 34.6. The van der Waals surface area contributed by atoms with Crippen molar-refractivity contribution in [2.45, 2.75) is 121 Å². The van der Waals surface area contributed by atoms with E-state index in [1.807, 2.05) is 48.8 Å². The van der Waals surface area contributed by atoms with Gasteiger partial charge in [-0.25, -0.2) is 0 Å². The van der Waals surface area contributed by atoms with Crippen LogP contribution in [-0.4, -0.2) is 33.6 Å². The second-order valence-electron chi connectivity index (χ2n) is 18.1. The van der Waals surface area contributed by atoms with E-state index >= 15 is 0 Å². The van der Waals surface area contributed by atoms with Crippen LogP contribution in [0.5, 0.6) is 0 Å². The van der Waals surface area contributed by atoms with Crippen molar-refractivity contribution in [2.24, 2.45) is 21.7 Å². The maximum Gasteiger partial charge on any atom is 0.191 e. The van der Waals surface area contributed by atoms with Crippen molar-refractivity contribution < 1.29 is 29.1 Å². The van der Waals surface area contributed by atoms with Crippen LogP contribution in [0.25, 0.3) is 0 Å². The number of hydrogen-bond donors (Lipinski definition) is 2. The first-order valence-electron chi connectivity index (χ1n) is 18.8. The quantitative estimate of drug-likeness (QED) is 0.237. The van der Waals surface area contributed by atoms with Gasteiger partial charge in [-0.3, -0.25) is 19.6 Å². The molecule has 288 valence electrons. The predicted molar refractivity (Wildman–Crippen MR) is 217 cm³/mol. The van der Waals surface area contributed by atoms with Gasteiger partial charge in [-0.1, -0.05) is 120 Å². The van der Waals surface area contributed by atoms with E-state index in [0.29, 0.717) is 0 Å². The Morgan fingerprint density at radius 3 is 1.06 bits per heavy atom. The SMILES string of the molecule is CC(C)(C)C1=C/C(=C/N[C@@H]2CCCC[C@H]2N/C=C2/C=C(C(C)(C)C)C=C(C(C)(C)C)C2=O)C(=O)C(C(C)(C)C)=C1.[Ru].c1ccncc1.c1ccncc1. The van der Waals surface area contributed by atoms with Gasteiger partial charge in [0, 0.05) is 91.0 Å². The molecule has 2 N–H and O–H groups in total. The van der Waals surface area contributed by atoms with Crippen molar-refractivity contribution in [3.63, 3.8) is 0 Å². The van der Waals surface area contributed by atoms with E-state index in [2.05, 4.69) is 128 Å². The van der Waals surface area contributed by atoms with Gasteiger partial charge in [0.1, 0.15) is 0 Å². The first-order chi connectivity index (χ1) is 24.2. The summed E-state index contributed by atoms with van der Waals surface area (Å²) < 4.78 is 0. The van der Waals surface area contributed by atoms with Crippen LogP contribution in [-0.2, 0) is 29.1 Å². The van der Waals surface area contributed by atoms with E-state index in [9.17, 15) is 9.59 Å². The molecule has 3 aliphatic carbocycles. The van der Waals surface area contributed by atoms with Gasteiger partial charge in [0.05, 0.1) is 0 Å². The third-order valence-electron chi connectivity index (χ3n) is 9.39. The van der Waals surface area contributed by atoms with Gasteiger partial charge in [0.15, 0.2) is 11.6 Å². The summed E-state index contributed by atoms with van der Waals surface area (Å²) in [7, 11) is 0. The molecule has 6 nitrogen and oxygen atoms in total. The summed E-state index contributed by atoms with van der Waals surface area (Å²) >= 11 is 0. The zero-order chi connectivity index (χ0) is 38.7. The van der Waals surface area contributed by atoms with Gasteiger partial charge >= 0.3 is 0 Å². The predicted octanol–water partition coefficient (Wildman–Crippen LogP) is 10.5. The van der Waals surface area contributed by atoms with E-state index < -0.39 is 0 Å². The summed E-state index contributed by atoms with van der Waals surface area (Å²) in [5.41, 5.74) is 4.95. The summed E-state index contributed by atoms with van der Waals surface area (Å²) in [5.74, 6) is 0.203. The van der Waals surface area contributed by atoms with Crippen LogP contribution in [0.3, 0.4) is 0 Å². The number of nitrogens with one attached hydrogen (secondary N) is 2. The van der Waals surface area contributed by atoms with E-state index in [4.69, 9.17) is 0 Å². The molecule has 2 aromatic rings. The molecular weight excluding hydrogens is 742 g/mol. The number of carbonyl (C=O) groups excluding carboxylic acids is 2. The molecule has 53 heavy (non-hydrogen) atoms. The van der Waals surface area contributed by atoms with Crippen LogP contribution in [0.15, 0.2) is 131 Å². The second-order valence-corrected chi connectivity index (χ2v) is 18.1. The number of nitrogens with zero attached hydrogens (tertiary/aromatic N) is 2. The van der Waals surface area contributed by atoms with Crippen LogP contribution in [0, 0.1) is 21.7 Å². The average molecular weight is 806 g/mol. The number of hydrogen-bond acceptors (Lipinski definition) is 6. The van der Waals surface area contributed by atoms with Crippen LogP contribution >= 0.6 is 0 Å². The molecule has 0 aromatic carbocycles. The molecule has 1 saturated carbocycles. The molecular formula is C46H64N4O2Ru. The minimum absolute atomic E-state index is 0. The maximum absolute atomic E-state index is 13.5. The molecule has 7 heteroatoms. The molecule has 0 unspecified atom stereocenters. The van der Waals surface area contributed by atoms with Crippen molar-refractivity contribution in [3.8, 4) is 0 Å². The molecule has 5 rings (SSSR count). The number of Topliss-reactive ketones (excluding diaryl/α,β-unsaturated/α-hetero) is 2. The van der Waals surface area contributed by atoms with Gasteiger partial charge < -0.3 is 10.6 Å². The maximum atomic E-state index is 13.5. The number of allylic oxidation sites excluding steroid dienone is 10. The van der Waals surface area contributed by atoms with E-state index in [1.165, 1.54) is 11.1 Å². The third kappa shape index (κ3) is 14.2. The fourth-order valence-electron chi connectivity index (χ4n) is 6.05. The Hall–Kier alpha value is -3.70. The normalized spacial score (nSPS) is 21.0. The first kappa shape index (κ1) is 45.5. The van der Waals surface area contributed by atoms with Crippen molar-refractivity contribution in [1.29, 1.82) is 0 Å². The van der Waals surface area contributed by atoms with Gasteiger partial charge in [0.25, 0.3) is 0 Å². The van der Waals surface area contributed by atoms with Gasteiger partial charge in [-0.05, 0) is 82.1 Å². The Kier molecular flexibility index (Phi) is 16.8. The number of rotatable bonds is 4. The zero-order valence-electron chi connectivity index (χ0n) is 34.3. The molecule has 0 saturated heterocycles. The Labute approximate surface area is 333 Å². The minimum atomic E-state index is -0.228. The molecule has 2 aromatic heterocycles. The molecule has 0 spiro atoms. The molecule has 0 amide bonds. The third-order valence-corrected chi connectivity index (χ3v) is 9.39. The van der Waals surface area contributed by atoms with Crippen LogP contribution in [0.4, 0.5) is 0 Å². The minimum Gasteiger partial charge on any atom is -0.386 e. The smallest absolute Gasteiger partial charge is 0.191 e. The van der Waals surface area contributed by atoms with E-state index in [-0.39, 0.29) is 64.8 Å². The fraction of sp³-hybridized carbons (Fsp3) is 0.478. The molecule has 2 atom stereocenters. The number of aromatic nitrogens is 2. The second kappa shape index (κ2) is 19.6. The van der Waals surface area contributed by atoms with Crippen LogP contribution in [0.1, 0.15) is 109 Å². The van der Waals surface area contributed by atoms with Crippen molar-refractivity contribution in [1.82, 2.24) is 20.6 Å². The summed E-state index contributed by atoms with van der Waals surface area (Å²) in [6.07, 6.45) is 23.5. The molecule has 0 bridgehead atoms. The van der Waals surface area contributed by atoms with Gasteiger partial charge in [0.2, 0.25) is 0 Å². The van der Waals surface area contributed by atoms with Crippen LogP contribution < -0.4 is 10.6 Å². The Morgan fingerprint density at radius 2 is 0.830 bits per heavy atom. The summed E-state index contributed by atoms with van der Waals surface area (Å²) in [6, 6.07) is 11.8. The van der Waals surface area contributed by atoms with Gasteiger partial charge in [-0.15, -0.1) is 0 Å². The van der Waals surface area contributed by atoms with Crippen molar-refractivity contribution in [3.05, 3.63) is 131 Å². The molecule has 0 radical (unpaired) electrons. The Balaban J connectivity index is 0.000000627. The number of carbonyl (C=O) groups is 2. The van der Waals surface area contributed by atoms with Crippen molar-refractivity contribution in [2.75, 3.05) is 0 Å². The number of ketones is 2. The fourth-order valence-corrected chi connectivity index (χ4v) is 6.05. The van der Waals surface area contributed by atoms with Gasteiger partial charge in [-0.2, -0.15) is 0 Å². The molecule has 1 fully saturated rings. The molecule has 0 aliphatic heterocycles. The topological polar surface area (TPSA) is 84.0 Å². The summed E-state index contributed by atoms with van der Waals surface area (Å²) in [5, 5.41) is 7.25. The monoisotopic (exact) mass is 806 g/mol. The van der Waals surface area contributed by atoms with E-state index in [0.717, 1.165) is 48.0 Å². The summed E-state index contributed by atoms with van der Waals surface area (Å²) in [6.45, 7) is 25.8. The first-order valence-corrected chi connectivity index (χ1v) is 18.8. The standard InChI is InChI=1S/C36H54N2O2.2C5H5N.Ru/c1-33(2,3)25-17-23(31(39)27(19-25)35(7,8)9)21-37-29-15-13-14-16-30(29)38-22-24-18-26(34(4,5)6)20-28(32(24)40)36(10,11)12;2*1-2-4-6-5-3-1;/h17-22,29-30,37-38H,13-16H2,1-12H3;2*1-5H;/b23-21-,24-22-;;;/t29-,30-;;;/m1.../s1.